The number of carbonyl (C=O) groups is 1. The summed E-state index contributed by atoms with van der Waals surface area (Å²) in [6.45, 7) is 8.56. The van der Waals surface area contributed by atoms with Gasteiger partial charge < -0.3 is 14.8 Å². The molecule has 7 heteroatoms. The molecule has 0 bridgehead atoms. The molecule has 1 aliphatic heterocycles. The Labute approximate surface area is 188 Å². The van der Waals surface area contributed by atoms with Gasteiger partial charge in [0, 0.05) is 67.8 Å². The van der Waals surface area contributed by atoms with E-state index in [9.17, 15) is 14.9 Å². The summed E-state index contributed by atoms with van der Waals surface area (Å²) in [4.78, 5) is 31.8. The molecular weight excluding hydrogens is 404 g/mol. The number of para-hydroxylation sites is 1. The van der Waals surface area contributed by atoms with Crippen molar-refractivity contribution in [3.63, 3.8) is 0 Å². The van der Waals surface area contributed by atoms with Crippen molar-refractivity contribution in [1.29, 1.82) is 0 Å². The van der Waals surface area contributed by atoms with E-state index in [1.54, 1.807) is 12.1 Å². The SMILES string of the molecule is CCc1cccc2c([C@@H](CC(=O)N3CCN(CC)CC3)c3ccc([N+](=O)[O-])cc3)c[nH]c12. The molecule has 1 atom stereocenters. The van der Waals surface area contributed by atoms with Gasteiger partial charge in [0.1, 0.15) is 0 Å². The summed E-state index contributed by atoms with van der Waals surface area (Å²) >= 11 is 0. The van der Waals surface area contributed by atoms with E-state index in [2.05, 4.69) is 41.9 Å². The first kappa shape index (κ1) is 22.0. The Morgan fingerprint density at radius 1 is 1.09 bits per heavy atom. The lowest BCUT2D eigenvalue weighted by atomic mass is 9.87. The monoisotopic (exact) mass is 434 g/mol. The van der Waals surface area contributed by atoms with Crippen LogP contribution in [0.5, 0.6) is 0 Å². The Morgan fingerprint density at radius 2 is 1.81 bits per heavy atom. The number of nitro groups is 1. The molecule has 4 rings (SSSR count). The third-order valence-electron chi connectivity index (χ3n) is 6.65. The lowest BCUT2D eigenvalue weighted by molar-refractivity contribution is -0.384. The Morgan fingerprint density at radius 3 is 2.44 bits per heavy atom. The second-order valence-corrected chi connectivity index (χ2v) is 8.36. The topological polar surface area (TPSA) is 82.5 Å². The fraction of sp³-hybridized carbons (Fsp3) is 0.400. The number of nitrogens with one attached hydrogen (secondary N) is 1. The fourth-order valence-electron chi connectivity index (χ4n) is 4.67. The molecule has 7 nitrogen and oxygen atoms in total. The van der Waals surface area contributed by atoms with Crippen LogP contribution < -0.4 is 0 Å². The highest BCUT2D eigenvalue weighted by Crippen LogP contribution is 2.35. The molecule has 168 valence electrons. The summed E-state index contributed by atoms with van der Waals surface area (Å²) < 4.78 is 0. The van der Waals surface area contributed by atoms with Crippen molar-refractivity contribution in [2.24, 2.45) is 0 Å². The molecule has 0 aliphatic carbocycles. The number of likely N-dealkylation sites (N-methyl/N-ethyl adjacent to an activating group) is 1. The van der Waals surface area contributed by atoms with Crippen LogP contribution in [0.15, 0.2) is 48.7 Å². The van der Waals surface area contributed by atoms with Gasteiger partial charge in [-0.25, -0.2) is 0 Å². The fourth-order valence-corrected chi connectivity index (χ4v) is 4.67. The highest BCUT2D eigenvalue weighted by Gasteiger charge is 2.27. The number of amides is 1. The van der Waals surface area contributed by atoms with Crippen molar-refractivity contribution in [3.8, 4) is 0 Å². The highest BCUT2D eigenvalue weighted by molar-refractivity contribution is 5.88. The minimum Gasteiger partial charge on any atom is -0.361 e. The van der Waals surface area contributed by atoms with Crippen LogP contribution in [0.2, 0.25) is 0 Å². The minimum absolute atomic E-state index is 0.0571. The van der Waals surface area contributed by atoms with Gasteiger partial charge in [-0.2, -0.15) is 0 Å². The van der Waals surface area contributed by atoms with Crippen LogP contribution in [0.4, 0.5) is 5.69 Å². The number of hydrogen-bond acceptors (Lipinski definition) is 4. The van der Waals surface area contributed by atoms with Crippen molar-refractivity contribution in [3.05, 3.63) is 75.5 Å². The number of aromatic amines is 1. The predicted octanol–water partition coefficient (Wildman–Crippen LogP) is 4.32. The zero-order chi connectivity index (χ0) is 22.7. The molecule has 0 spiro atoms. The lowest BCUT2D eigenvalue weighted by Crippen LogP contribution is -2.48. The van der Waals surface area contributed by atoms with Crippen LogP contribution in [-0.4, -0.2) is 58.3 Å². The zero-order valence-corrected chi connectivity index (χ0v) is 18.7. The van der Waals surface area contributed by atoms with Crippen molar-refractivity contribution in [1.82, 2.24) is 14.8 Å². The molecule has 1 N–H and O–H groups in total. The number of hydrogen-bond donors (Lipinski definition) is 1. The quantitative estimate of drug-likeness (QED) is 0.443. The molecule has 1 amide bonds. The van der Waals surface area contributed by atoms with Gasteiger partial charge in [-0.3, -0.25) is 14.9 Å². The van der Waals surface area contributed by atoms with E-state index in [4.69, 9.17) is 0 Å². The summed E-state index contributed by atoms with van der Waals surface area (Å²) in [6, 6.07) is 12.9. The van der Waals surface area contributed by atoms with E-state index in [0.717, 1.165) is 61.2 Å². The van der Waals surface area contributed by atoms with E-state index in [-0.39, 0.29) is 17.5 Å². The molecule has 1 aromatic heterocycles. The molecule has 1 aliphatic rings. The number of nitro benzene ring substituents is 1. The number of nitrogens with zero attached hydrogens (tertiary/aromatic N) is 3. The first-order chi connectivity index (χ1) is 15.5. The zero-order valence-electron chi connectivity index (χ0n) is 18.7. The standard InChI is InChI=1S/C25H30N4O3/c1-3-18-6-5-7-21-23(17-26-25(18)21)22(19-8-10-20(11-9-19)29(31)32)16-24(30)28-14-12-27(4-2)13-15-28/h5-11,17,22,26H,3-4,12-16H2,1-2H3/t22-/m0/s1. The van der Waals surface area contributed by atoms with Gasteiger partial charge in [-0.15, -0.1) is 0 Å². The molecule has 2 aromatic carbocycles. The summed E-state index contributed by atoms with van der Waals surface area (Å²) in [5, 5.41) is 12.2. The Hall–Kier alpha value is -3.19. The van der Waals surface area contributed by atoms with Gasteiger partial charge in [-0.05, 0) is 29.7 Å². The molecule has 0 saturated carbocycles. The van der Waals surface area contributed by atoms with Gasteiger partial charge in [0.25, 0.3) is 5.69 Å². The Bertz CT molecular complexity index is 1100. The van der Waals surface area contributed by atoms with Crippen LogP contribution in [0.25, 0.3) is 10.9 Å². The van der Waals surface area contributed by atoms with Gasteiger partial charge in [0.05, 0.1) is 4.92 Å². The summed E-state index contributed by atoms with van der Waals surface area (Å²) in [6.07, 6.45) is 3.26. The molecule has 1 saturated heterocycles. The third kappa shape index (κ3) is 4.39. The molecule has 0 unspecified atom stereocenters. The number of H-pyrrole nitrogens is 1. The molecule has 1 fully saturated rings. The van der Waals surface area contributed by atoms with E-state index in [1.807, 2.05) is 11.1 Å². The minimum atomic E-state index is -0.392. The molecule has 32 heavy (non-hydrogen) atoms. The predicted molar refractivity (Wildman–Crippen MR) is 126 cm³/mol. The maximum Gasteiger partial charge on any atom is 0.269 e. The molecule has 0 radical (unpaired) electrons. The second kappa shape index (κ2) is 9.53. The number of aryl methyl sites for hydroxylation is 1. The van der Waals surface area contributed by atoms with Crippen molar-refractivity contribution < 1.29 is 9.72 Å². The van der Waals surface area contributed by atoms with Crippen LogP contribution in [0, 0.1) is 10.1 Å². The van der Waals surface area contributed by atoms with Crippen LogP contribution >= 0.6 is 0 Å². The maximum absolute atomic E-state index is 13.3. The second-order valence-electron chi connectivity index (χ2n) is 8.36. The molecule has 3 aromatic rings. The summed E-state index contributed by atoms with van der Waals surface area (Å²) in [7, 11) is 0. The normalized spacial score (nSPS) is 15.8. The van der Waals surface area contributed by atoms with Gasteiger partial charge in [-0.1, -0.05) is 44.2 Å². The maximum atomic E-state index is 13.3. The average Bonchev–Trinajstić information content (AvgIpc) is 3.26. The lowest BCUT2D eigenvalue weighted by Gasteiger charge is -2.34. The van der Waals surface area contributed by atoms with Crippen LogP contribution in [0.1, 0.15) is 42.9 Å². The van der Waals surface area contributed by atoms with Crippen LogP contribution in [-0.2, 0) is 11.2 Å². The number of fused-ring (bicyclic) bond motifs is 1. The van der Waals surface area contributed by atoms with Gasteiger partial charge in [0.2, 0.25) is 5.91 Å². The number of benzene rings is 2. The third-order valence-corrected chi connectivity index (χ3v) is 6.65. The summed E-state index contributed by atoms with van der Waals surface area (Å²) in [5.74, 6) is -0.0431. The van der Waals surface area contributed by atoms with E-state index in [1.165, 1.54) is 17.7 Å². The smallest absolute Gasteiger partial charge is 0.269 e. The number of non-ortho nitro benzene ring substituents is 1. The number of carbonyl (C=O) groups excluding carboxylic acids is 1. The average molecular weight is 435 g/mol. The molecule has 2 heterocycles. The van der Waals surface area contributed by atoms with E-state index < -0.39 is 4.92 Å². The van der Waals surface area contributed by atoms with Crippen molar-refractivity contribution in [2.75, 3.05) is 32.7 Å². The number of piperazine rings is 1. The van der Waals surface area contributed by atoms with Crippen LogP contribution in [0.3, 0.4) is 0 Å². The molecular formula is C25H30N4O3. The van der Waals surface area contributed by atoms with Crippen molar-refractivity contribution >= 4 is 22.5 Å². The summed E-state index contributed by atoms with van der Waals surface area (Å²) in [5.41, 5.74) is 4.37. The van der Waals surface area contributed by atoms with Crippen molar-refractivity contribution in [2.45, 2.75) is 32.6 Å². The van der Waals surface area contributed by atoms with E-state index >= 15 is 0 Å². The highest BCUT2D eigenvalue weighted by atomic mass is 16.6. The number of aromatic nitrogens is 1. The van der Waals surface area contributed by atoms with Gasteiger partial charge >= 0.3 is 0 Å². The first-order valence-electron chi connectivity index (χ1n) is 11.3. The van der Waals surface area contributed by atoms with Gasteiger partial charge in [0.15, 0.2) is 0 Å². The first-order valence-corrected chi connectivity index (χ1v) is 11.3. The number of rotatable bonds is 7. The largest absolute Gasteiger partial charge is 0.361 e. The Balaban J connectivity index is 1.68. The Kier molecular flexibility index (Phi) is 6.55. The van der Waals surface area contributed by atoms with E-state index in [0.29, 0.717) is 6.42 Å².